The van der Waals surface area contributed by atoms with Crippen LogP contribution in [0.5, 0.6) is 0 Å². The van der Waals surface area contributed by atoms with Crippen molar-refractivity contribution in [2.75, 3.05) is 13.1 Å². The van der Waals surface area contributed by atoms with E-state index in [1.165, 1.54) is 0 Å². The molecule has 1 aliphatic rings. The third-order valence-corrected chi connectivity index (χ3v) is 4.74. The van der Waals surface area contributed by atoms with Gasteiger partial charge in [0.05, 0.1) is 23.1 Å². The van der Waals surface area contributed by atoms with Gasteiger partial charge in [0.15, 0.2) is 0 Å². The molecule has 5 heteroatoms. The molecule has 2 aromatic rings. The van der Waals surface area contributed by atoms with Crippen LogP contribution in [0.15, 0.2) is 30.5 Å². The number of carbonyl (C=O) groups is 1. The normalized spacial score (nSPS) is 18.2. The summed E-state index contributed by atoms with van der Waals surface area (Å²) in [6, 6.07) is 8.21. The van der Waals surface area contributed by atoms with E-state index in [0.717, 1.165) is 42.8 Å². The molecule has 1 fully saturated rings. The van der Waals surface area contributed by atoms with Gasteiger partial charge in [0.25, 0.3) is 5.91 Å². The van der Waals surface area contributed by atoms with Gasteiger partial charge in [-0.3, -0.25) is 4.79 Å². The molecular formula is C18H24N4O. The number of aromatic nitrogens is 2. The molecule has 1 aromatic heterocycles. The summed E-state index contributed by atoms with van der Waals surface area (Å²) in [5.41, 5.74) is 9.55. The number of likely N-dealkylation sites (tertiary alicyclic amines) is 1. The summed E-state index contributed by atoms with van der Waals surface area (Å²) in [6.07, 6.45) is 4.87. The fraction of sp³-hybridized carbons (Fsp3) is 0.444. The second kappa shape index (κ2) is 6.54. The van der Waals surface area contributed by atoms with E-state index in [4.69, 9.17) is 5.73 Å². The molecule has 0 bridgehead atoms. The molecule has 122 valence electrons. The third-order valence-electron chi connectivity index (χ3n) is 4.74. The van der Waals surface area contributed by atoms with Crippen molar-refractivity contribution >= 4 is 5.91 Å². The molecule has 1 aliphatic heterocycles. The Bertz CT molecular complexity index is 707. The molecule has 0 radical (unpaired) electrons. The maximum atomic E-state index is 12.9. The van der Waals surface area contributed by atoms with Crippen LogP contribution >= 0.6 is 0 Å². The number of aryl methyl sites for hydroxylation is 1. The molecule has 3 rings (SSSR count). The summed E-state index contributed by atoms with van der Waals surface area (Å²) in [7, 11) is 0. The van der Waals surface area contributed by atoms with Crippen LogP contribution in [0.2, 0.25) is 0 Å². The lowest BCUT2D eigenvalue weighted by atomic mass is 10.0. The smallest absolute Gasteiger partial charge is 0.257 e. The number of rotatable bonds is 3. The Morgan fingerprint density at radius 2 is 2.09 bits per heavy atom. The highest BCUT2D eigenvalue weighted by Crippen LogP contribution is 2.22. The van der Waals surface area contributed by atoms with Gasteiger partial charge in [0.1, 0.15) is 0 Å². The van der Waals surface area contributed by atoms with Crippen molar-refractivity contribution in [2.24, 2.45) is 5.73 Å². The second-order valence-corrected chi connectivity index (χ2v) is 6.23. The van der Waals surface area contributed by atoms with E-state index in [0.29, 0.717) is 12.1 Å². The SMILES string of the molecule is Cc1ccccc1-n1ncc(C(=O)N2CCCCC2CN)c1C. The zero-order valence-corrected chi connectivity index (χ0v) is 13.8. The minimum absolute atomic E-state index is 0.0532. The van der Waals surface area contributed by atoms with E-state index in [-0.39, 0.29) is 11.9 Å². The van der Waals surface area contributed by atoms with E-state index in [2.05, 4.69) is 5.10 Å². The average Bonchev–Trinajstić information content (AvgIpc) is 2.96. The van der Waals surface area contributed by atoms with Gasteiger partial charge in [0.2, 0.25) is 0 Å². The van der Waals surface area contributed by atoms with E-state index in [1.807, 2.05) is 47.7 Å². The van der Waals surface area contributed by atoms with Crippen molar-refractivity contribution in [1.82, 2.24) is 14.7 Å². The fourth-order valence-corrected chi connectivity index (χ4v) is 3.33. The van der Waals surface area contributed by atoms with E-state index < -0.39 is 0 Å². The van der Waals surface area contributed by atoms with E-state index in [1.54, 1.807) is 6.20 Å². The van der Waals surface area contributed by atoms with Crippen LogP contribution in [0.3, 0.4) is 0 Å². The number of nitrogens with two attached hydrogens (primary N) is 1. The number of amides is 1. The molecule has 0 spiro atoms. The number of carbonyl (C=O) groups excluding carboxylic acids is 1. The molecule has 2 N–H and O–H groups in total. The Morgan fingerprint density at radius 3 is 2.83 bits per heavy atom. The second-order valence-electron chi connectivity index (χ2n) is 6.23. The number of nitrogens with zero attached hydrogens (tertiary/aromatic N) is 3. The van der Waals surface area contributed by atoms with E-state index in [9.17, 15) is 4.79 Å². The molecule has 0 saturated carbocycles. The standard InChI is InChI=1S/C18H24N4O/c1-13-7-3-4-9-17(13)22-14(2)16(12-20-22)18(23)21-10-6-5-8-15(21)11-19/h3-4,7,9,12,15H,5-6,8,10-11,19H2,1-2H3. The topological polar surface area (TPSA) is 64.2 Å². The van der Waals surface area contributed by atoms with Crippen LogP contribution in [0.1, 0.15) is 40.9 Å². The highest BCUT2D eigenvalue weighted by atomic mass is 16.2. The fourth-order valence-electron chi connectivity index (χ4n) is 3.33. The van der Waals surface area contributed by atoms with Crippen LogP contribution in [0.25, 0.3) is 5.69 Å². The quantitative estimate of drug-likeness (QED) is 0.947. The summed E-state index contributed by atoms with van der Waals surface area (Å²) < 4.78 is 1.85. The van der Waals surface area contributed by atoms with Crippen LogP contribution < -0.4 is 5.73 Å². The molecule has 0 aliphatic carbocycles. The Morgan fingerprint density at radius 1 is 1.30 bits per heavy atom. The molecule has 1 amide bonds. The van der Waals surface area contributed by atoms with Gasteiger partial charge >= 0.3 is 0 Å². The predicted octanol–water partition coefficient (Wildman–Crippen LogP) is 2.44. The first-order chi connectivity index (χ1) is 11.1. The summed E-state index contributed by atoms with van der Waals surface area (Å²) >= 11 is 0. The van der Waals surface area contributed by atoms with Crippen molar-refractivity contribution < 1.29 is 4.79 Å². The van der Waals surface area contributed by atoms with Gasteiger partial charge in [-0.1, -0.05) is 18.2 Å². The highest BCUT2D eigenvalue weighted by molar-refractivity contribution is 5.95. The minimum Gasteiger partial charge on any atom is -0.334 e. The lowest BCUT2D eigenvalue weighted by Crippen LogP contribution is -2.47. The van der Waals surface area contributed by atoms with Crippen LogP contribution in [-0.2, 0) is 0 Å². The average molecular weight is 312 g/mol. The first kappa shape index (κ1) is 15.7. The van der Waals surface area contributed by atoms with Crippen LogP contribution in [-0.4, -0.2) is 39.7 Å². The molecule has 2 heterocycles. The highest BCUT2D eigenvalue weighted by Gasteiger charge is 2.28. The third kappa shape index (κ3) is 2.88. The largest absolute Gasteiger partial charge is 0.334 e. The van der Waals surface area contributed by atoms with Gasteiger partial charge in [-0.25, -0.2) is 4.68 Å². The Balaban J connectivity index is 1.93. The molecule has 23 heavy (non-hydrogen) atoms. The van der Waals surface area contributed by atoms with Gasteiger partial charge in [0, 0.05) is 19.1 Å². The van der Waals surface area contributed by atoms with Crippen molar-refractivity contribution in [3.05, 3.63) is 47.3 Å². The molecule has 1 atom stereocenters. The monoisotopic (exact) mass is 312 g/mol. The zero-order valence-electron chi connectivity index (χ0n) is 13.8. The molecule has 1 saturated heterocycles. The first-order valence-corrected chi connectivity index (χ1v) is 8.25. The van der Waals surface area contributed by atoms with Crippen molar-refractivity contribution in [2.45, 2.75) is 39.2 Å². The van der Waals surface area contributed by atoms with Gasteiger partial charge < -0.3 is 10.6 Å². The predicted molar refractivity (Wildman–Crippen MR) is 90.8 cm³/mol. The van der Waals surface area contributed by atoms with Crippen LogP contribution in [0, 0.1) is 13.8 Å². The van der Waals surface area contributed by atoms with Gasteiger partial charge in [-0.05, 0) is 44.7 Å². The molecule has 1 aromatic carbocycles. The maximum absolute atomic E-state index is 12.9. The molecular weight excluding hydrogens is 288 g/mol. The lowest BCUT2D eigenvalue weighted by molar-refractivity contribution is 0.0622. The van der Waals surface area contributed by atoms with E-state index >= 15 is 0 Å². The Labute approximate surface area is 137 Å². The first-order valence-electron chi connectivity index (χ1n) is 8.25. The minimum atomic E-state index is 0.0532. The Hall–Kier alpha value is -2.14. The summed E-state index contributed by atoms with van der Waals surface area (Å²) in [5.74, 6) is 0.0532. The number of hydrogen-bond acceptors (Lipinski definition) is 3. The van der Waals surface area contributed by atoms with Gasteiger partial charge in [-0.15, -0.1) is 0 Å². The lowest BCUT2D eigenvalue weighted by Gasteiger charge is -2.35. The number of para-hydroxylation sites is 1. The number of hydrogen-bond donors (Lipinski definition) is 1. The maximum Gasteiger partial charge on any atom is 0.257 e. The summed E-state index contributed by atoms with van der Waals surface area (Å²) in [5, 5.41) is 4.45. The van der Waals surface area contributed by atoms with Crippen molar-refractivity contribution in [1.29, 1.82) is 0 Å². The number of benzene rings is 1. The number of piperidine rings is 1. The van der Waals surface area contributed by atoms with Gasteiger partial charge in [-0.2, -0.15) is 5.10 Å². The molecule has 5 nitrogen and oxygen atoms in total. The zero-order chi connectivity index (χ0) is 16.4. The summed E-state index contributed by atoms with van der Waals surface area (Å²) in [6.45, 7) is 5.31. The van der Waals surface area contributed by atoms with Crippen molar-refractivity contribution in [3.63, 3.8) is 0 Å². The van der Waals surface area contributed by atoms with Crippen molar-refractivity contribution in [3.8, 4) is 5.69 Å². The van der Waals surface area contributed by atoms with Crippen LogP contribution in [0.4, 0.5) is 0 Å². The Kier molecular flexibility index (Phi) is 4.48. The summed E-state index contributed by atoms with van der Waals surface area (Å²) in [4.78, 5) is 14.9. The molecule has 1 unspecified atom stereocenters.